The zero-order valence-corrected chi connectivity index (χ0v) is 12.2. The molecular weight excluding hydrogens is 274 g/mol. The van der Waals surface area contributed by atoms with Crippen LogP contribution in [0.15, 0.2) is 36.5 Å². The molecule has 1 aromatic heterocycles. The van der Waals surface area contributed by atoms with Gasteiger partial charge in [-0.05, 0) is 25.0 Å². The quantitative estimate of drug-likeness (QED) is 0.844. The van der Waals surface area contributed by atoms with E-state index in [9.17, 15) is 8.42 Å². The van der Waals surface area contributed by atoms with Crippen molar-refractivity contribution in [1.29, 1.82) is 0 Å². The first kappa shape index (κ1) is 13.3. The molecule has 0 spiro atoms. The fraction of sp³-hybridized carbons (Fsp3) is 0.357. The van der Waals surface area contributed by atoms with Gasteiger partial charge < -0.3 is 0 Å². The van der Waals surface area contributed by atoms with E-state index in [1.165, 1.54) is 10.6 Å². The van der Waals surface area contributed by atoms with Crippen molar-refractivity contribution in [2.45, 2.75) is 19.4 Å². The maximum Gasteiger partial charge on any atom is 0.211 e. The van der Waals surface area contributed by atoms with Gasteiger partial charge >= 0.3 is 0 Å². The molecule has 106 valence electrons. The summed E-state index contributed by atoms with van der Waals surface area (Å²) in [5.41, 5.74) is 3.13. The Labute approximate surface area is 118 Å². The van der Waals surface area contributed by atoms with Gasteiger partial charge in [0.1, 0.15) is 0 Å². The minimum atomic E-state index is -3.15. The van der Waals surface area contributed by atoms with Crippen LogP contribution in [0.2, 0.25) is 0 Å². The topological polar surface area (TPSA) is 55.2 Å². The van der Waals surface area contributed by atoms with Gasteiger partial charge in [0.25, 0.3) is 0 Å². The van der Waals surface area contributed by atoms with Crippen molar-refractivity contribution in [1.82, 2.24) is 14.1 Å². The maximum absolute atomic E-state index is 11.7. The van der Waals surface area contributed by atoms with Gasteiger partial charge in [0.2, 0.25) is 10.0 Å². The highest BCUT2D eigenvalue weighted by Gasteiger charge is 2.24. The first-order valence-electron chi connectivity index (χ1n) is 6.62. The Bertz CT molecular complexity index is 707. The molecule has 0 unspecified atom stereocenters. The molecule has 2 heterocycles. The normalized spacial score (nSPS) is 16.6. The van der Waals surface area contributed by atoms with Crippen molar-refractivity contribution in [2.75, 3.05) is 12.8 Å². The average molecular weight is 291 g/mol. The summed E-state index contributed by atoms with van der Waals surface area (Å²) in [6.07, 6.45) is 4.71. The fourth-order valence-electron chi connectivity index (χ4n) is 2.57. The van der Waals surface area contributed by atoms with Crippen molar-refractivity contribution >= 4 is 10.0 Å². The number of rotatable bonds is 2. The zero-order valence-electron chi connectivity index (χ0n) is 11.4. The van der Waals surface area contributed by atoms with Gasteiger partial charge in [-0.15, -0.1) is 0 Å². The zero-order chi connectivity index (χ0) is 14.2. The molecule has 0 atom stereocenters. The van der Waals surface area contributed by atoms with Gasteiger partial charge in [0, 0.05) is 24.3 Å². The summed E-state index contributed by atoms with van der Waals surface area (Å²) in [6.45, 7) is 0.989. The number of hydrogen-bond donors (Lipinski definition) is 0. The molecule has 0 N–H and O–H groups in total. The lowest BCUT2D eigenvalue weighted by atomic mass is 10.2. The number of sulfonamides is 1. The second-order valence-electron chi connectivity index (χ2n) is 5.06. The van der Waals surface area contributed by atoms with Crippen molar-refractivity contribution in [3.05, 3.63) is 47.8 Å². The summed E-state index contributed by atoms with van der Waals surface area (Å²) in [5, 5.41) is 4.42. The van der Waals surface area contributed by atoms with Crippen molar-refractivity contribution in [3.8, 4) is 5.69 Å². The molecule has 0 radical (unpaired) electrons. The second kappa shape index (κ2) is 5.03. The molecule has 1 aliphatic rings. The molecule has 0 saturated carbocycles. The fourth-order valence-corrected chi connectivity index (χ4v) is 3.41. The van der Waals surface area contributed by atoms with E-state index in [1.807, 2.05) is 35.0 Å². The minimum absolute atomic E-state index is 0.418. The third kappa shape index (κ3) is 2.48. The summed E-state index contributed by atoms with van der Waals surface area (Å²) in [7, 11) is -3.15. The highest BCUT2D eigenvalue weighted by atomic mass is 32.2. The minimum Gasteiger partial charge on any atom is -0.237 e. The van der Waals surface area contributed by atoms with Crippen LogP contribution in [0.4, 0.5) is 0 Å². The Balaban J connectivity index is 1.99. The molecule has 5 nitrogen and oxygen atoms in total. The summed E-state index contributed by atoms with van der Waals surface area (Å²) in [4.78, 5) is 0. The average Bonchev–Trinajstić information content (AvgIpc) is 2.68. The smallest absolute Gasteiger partial charge is 0.211 e. The summed E-state index contributed by atoms with van der Waals surface area (Å²) >= 11 is 0. The van der Waals surface area contributed by atoms with E-state index >= 15 is 0 Å². The van der Waals surface area contributed by atoms with E-state index in [0.29, 0.717) is 13.1 Å². The molecule has 1 aromatic carbocycles. The van der Waals surface area contributed by atoms with Gasteiger partial charge in [-0.25, -0.2) is 13.1 Å². The first-order valence-corrected chi connectivity index (χ1v) is 8.47. The Hall–Kier alpha value is -1.66. The number of nitrogens with zero attached hydrogens (tertiary/aromatic N) is 3. The first-order chi connectivity index (χ1) is 9.55. The number of hydrogen-bond acceptors (Lipinski definition) is 3. The summed E-state index contributed by atoms with van der Waals surface area (Å²) < 4.78 is 26.9. The Morgan fingerprint density at radius 3 is 2.65 bits per heavy atom. The monoisotopic (exact) mass is 291 g/mol. The molecule has 6 heteroatoms. The van der Waals surface area contributed by atoms with Gasteiger partial charge in [-0.1, -0.05) is 18.2 Å². The molecule has 0 bridgehead atoms. The van der Waals surface area contributed by atoms with Crippen LogP contribution < -0.4 is 0 Å². The van der Waals surface area contributed by atoms with Crippen LogP contribution in [0, 0.1) is 0 Å². The molecule has 0 amide bonds. The van der Waals surface area contributed by atoms with Gasteiger partial charge in [0.05, 0.1) is 18.1 Å². The molecule has 3 rings (SSSR count). The lowest BCUT2D eigenvalue weighted by molar-refractivity contribution is 0.413. The molecule has 0 aliphatic carbocycles. The molecule has 2 aromatic rings. The van der Waals surface area contributed by atoms with Crippen LogP contribution in [0.5, 0.6) is 0 Å². The van der Waals surface area contributed by atoms with Gasteiger partial charge in [-0.3, -0.25) is 0 Å². The van der Waals surface area contributed by atoms with E-state index in [1.54, 1.807) is 6.20 Å². The summed E-state index contributed by atoms with van der Waals surface area (Å²) in [5.74, 6) is 0. The van der Waals surface area contributed by atoms with E-state index in [0.717, 1.165) is 29.8 Å². The maximum atomic E-state index is 11.7. The molecular formula is C14H17N3O2S. The van der Waals surface area contributed by atoms with E-state index in [4.69, 9.17) is 0 Å². The molecule has 20 heavy (non-hydrogen) atoms. The van der Waals surface area contributed by atoms with Crippen LogP contribution in [0.1, 0.15) is 17.7 Å². The number of fused-ring (bicyclic) bond motifs is 1. The predicted octanol–water partition coefficient (Wildman–Crippen LogP) is 1.58. The third-order valence-corrected chi connectivity index (χ3v) is 4.84. The van der Waals surface area contributed by atoms with Crippen LogP contribution in [0.25, 0.3) is 5.69 Å². The highest BCUT2D eigenvalue weighted by Crippen LogP contribution is 2.22. The van der Waals surface area contributed by atoms with Crippen molar-refractivity contribution < 1.29 is 8.42 Å². The Morgan fingerprint density at radius 1 is 1.20 bits per heavy atom. The number of aromatic nitrogens is 2. The van der Waals surface area contributed by atoms with Crippen LogP contribution in [-0.2, 0) is 23.0 Å². The lowest BCUT2D eigenvalue weighted by Crippen LogP contribution is -2.29. The second-order valence-corrected chi connectivity index (χ2v) is 7.05. The van der Waals surface area contributed by atoms with Crippen LogP contribution in [-0.4, -0.2) is 35.3 Å². The highest BCUT2D eigenvalue weighted by molar-refractivity contribution is 7.88. The van der Waals surface area contributed by atoms with Crippen molar-refractivity contribution in [3.63, 3.8) is 0 Å². The molecule has 0 saturated heterocycles. The number of para-hydroxylation sites is 1. The van der Waals surface area contributed by atoms with Gasteiger partial charge in [-0.2, -0.15) is 9.40 Å². The largest absolute Gasteiger partial charge is 0.237 e. The van der Waals surface area contributed by atoms with Crippen molar-refractivity contribution in [2.24, 2.45) is 0 Å². The van der Waals surface area contributed by atoms with Crippen LogP contribution in [0.3, 0.4) is 0 Å². The standard InChI is InChI=1S/C14H17N3O2S/c1-20(18,19)16-9-5-8-14-12(11-16)10-15-17(14)13-6-3-2-4-7-13/h2-4,6-7,10H,5,8-9,11H2,1H3. The summed E-state index contributed by atoms with van der Waals surface area (Å²) in [6, 6.07) is 9.93. The van der Waals surface area contributed by atoms with E-state index in [2.05, 4.69) is 5.10 Å². The predicted molar refractivity (Wildman–Crippen MR) is 77.1 cm³/mol. The molecule has 0 fully saturated rings. The SMILES string of the molecule is CS(=O)(=O)N1CCCc2c(cnn2-c2ccccc2)C1. The van der Waals surface area contributed by atoms with Gasteiger partial charge in [0.15, 0.2) is 0 Å². The third-order valence-electron chi connectivity index (χ3n) is 3.59. The van der Waals surface area contributed by atoms with Crippen LogP contribution >= 0.6 is 0 Å². The molecule has 1 aliphatic heterocycles. The Morgan fingerprint density at radius 2 is 1.95 bits per heavy atom. The van der Waals surface area contributed by atoms with E-state index in [-0.39, 0.29) is 0 Å². The number of benzene rings is 1. The lowest BCUT2D eigenvalue weighted by Gasteiger charge is -2.16. The Kier molecular flexibility index (Phi) is 3.35. The van der Waals surface area contributed by atoms with E-state index < -0.39 is 10.0 Å².